The Hall–Kier alpha value is -4.61. The average Bonchev–Trinajstić information content (AvgIpc) is 3.01. The van der Waals surface area contributed by atoms with E-state index in [2.05, 4.69) is 15.6 Å². The fraction of sp³-hybridized carbons (Fsp3) is 0.581. The number of nitrogens with one attached hydrogen (secondary N) is 2. The van der Waals surface area contributed by atoms with Crippen molar-refractivity contribution in [2.75, 3.05) is 13.1 Å². The van der Waals surface area contributed by atoms with Gasteiger partial charge in [0.15, 0.2) is 11.7 Å². The van der Waals surface area contributed by atoms with Crippen LogP contribution in [0.25, 0.3) is 0 Å². The molecule has 268 valence electrons. The first kappa shape index (κ1) is 41.4. The number of rotatable bonds is 23. The van der Waals surface area contributed by atoms with Crippen molar-refractivity contribution in [3.8, 4) is 5.75 Å². The highest BCUT2D eigenvalue weighted by Crippen LogP contribution is 2.23. The fourth-order valence-corrected chi connectivity index (χ4v) is 4.92. The number of carbonyl (C=O) groups is 6. The number of Topliss-reactive ketones (excluding diaryl/α,β-unsaturated/α-hetero) is 2. The maximum Gasteiger partial charge on any atom is 0.326 e. The van der Waals surface area contributed by atoms with Crippen LogP contribution in [0.3, 0.4) is 0 Å². The Bertz CT molecular complexity index is 1290. The zero-order chi connectivity index (χ0) is 36.6. The molecule has 0 spiro atoms. The number of carboxylic acid groups (broad SMARTS) is 2. The maximum absolute atomic E-state index is 13.8. The summed E-state index contributed by atoms with van der Waals surface area (Å²) in [6, 6.07) is -0.123. The largest absolute Gasteiger partial charge is 0.508 e. The van der Waals surface area contributed by atoms with Crippen LogP contribution >= 0.6 is 0 Å². The number of benzene rings is 1. The molecule has 17 heteroatoms. The number of unbranched alkanes of at least 4 members (excludes halogenated alkanes) is 1. The molecule has 6 atom stereocenters. The van der Waals surface area contributed by atoms with E-state index in [0.29, 0.717) is 24.8 Å². The first-order valence-corrected chi connectivity index (χ1v) is 15.7. The highest BCUT2D eigenvalue weighted by atomic mass is 16.4. The molecule has 2 unspecified atom stereocenters. The number of phenolic OH excluding ortho intramolecular Hbond substituents is 1. The van der Waals surface area contributed by atoms with Crippen molar-refractivity contribution in [1.29, 1.82) is 0 Å². The van der Waals surface area contributed by atoms with Gasteiger partial charge in [-0.05, 0) is 62.3 Å². The summed E-state index contributed by atoms with van der Waals surface area (Å²) in [5.74, 6) is -10.3. The van der Waals surface area contributed by atoms with Crippen LogP contribution in [0.1, 0.15) is 57.9 Å². The molecule has 1 rings (SSSR count). The molecule has 15 N–H and O–H groups in total. The van der Waals surface area contributed by atoms with E-state index in [1.54, 1.807) is 13.8 Å². The topological polar surface area (TPSA) is 330 Å². The minimum atomic E-state index is -2.01. The van der Waals surface area contributed by atoms with Gasteiger partial charge in [0, 0.05) is 25.3 Å². The predicted molar refractivity (Wildman–Crippen MR) is 176 cm³/mol. The van der Waals surface area contributed by atoms with Crippen LogP contribution in [0.4, 0.5) is 0 Å². The lowest BCUT2D eigenvalue weighted by atomic mass is 9.80. The Balaban J connectivity index is 3.25. The summed E-state index contributed by atoms with van der Waals surface area (Å²) in [4.78, 5) is 81.6. The van der Waals surface area contributed by atoms with E-state index in [1.165, 1.54) is 24.3 Å². The number of phenols is 1. The highest BCUT2D eigenvalue weighted by molar-refractivity contribution is 6.10. The molecular weight excluding hydrogens is 628 g/mol. The highest BCUT2D eigenvalue weighted by Gasteiger charge is 2.42. The number of amides is 2. The third-order valence-corrected chi connectivity index (χ3v) is 7.76. The number of carbonyl (C=O) groups excluding carboxylic acids is 4. The standard InChI is InChI=1S/C31H50N8O9/c1-16(2)19(27(43)39-22(29(45)46)14-17-8-10-18(40)11-9-17)15-23(41)24(25(34)30(47)48)26(42)21(7-3-4-12-32)38-28(44)20(33)6-5-13-37-31(35)36/h8-11,16,19-22,24-25,40H,3-7,12-15,32-34H2,1-2H3,(H,38,44)(H,39,43)(H,45,46)(H,47,48)(H4,35,36,37)/t19?,20-,21-,22-,24+,25?/m0/s1. The van der Waals surface area contributed by atoms with Crippen molar-refractivity contribution in [1.82, 2.24) is 10.6 Å². The number of hydrogen-bond donors (Lipinski definition) is 10. The predicted octanol–water partition coefficient (Wildman–Crippen LogP) is -1.67. The fourth-order valence-electron chi connectivity index (χ4n) is 4.92. The molecule has 0 aliphatic rings. The smallest absolute Gasteiger partial charge is 0.326 e. The number of nitrogens with zero attached hydrogens (tertiary/aromatic N) is 1. The van der Waals surface area contributed by atoms with E-state index in [-0.39, 0.29) is 44.1 Å². The van der Waals surface area contributed by atoms with E-state index < -0.39 is 83.7 Å². The molecule has 2 amide bonds. The summed E-state index contributed by atoms with van der Waals surface area (Å²) in [6.45, 7) is 3.68. The number of carboxylic acids is 2. The summed E-state index contributed by atoms with van der Waals surface area (Å²) in [6.07, 6.45) is 0.525. The van der Waals surface area contributed by atoms with Gasteiger partial charge in [0.05, 0.1) is 12.1 Å². The molecule has 0 aliphatic heterocycles. The summed E-state index contributed by atoms with van der Waals surface area (Å²) in [5, 5.41) is 33.9. The first-order chi connectivity index (χ1) is 22.5. The van der Waals surface area contributed by atoms with Crippen LogP contribution in [0.15, 0.2) is 29.3 Å². The first-order valence-electron chi connectivity index (χ1n) is 15.7. The zero-order valence-corrected chi connectivity index (χ0v) is 27.3. The lowest BCUT2D eigenvalue weighted by Crippen LogP contribution is -2.55. The average molecular weight is 679 g/mol. The van der Waals surface area contributed by atoms with Crippen LogP contribution in [0.5, 0.6) is 5.75 Å². The van der Waals surface area contributed by atoms with Gasteiger partial charge in [-0.2, -0.15) is 0 Å². The Kier molecular flexibility index (Phi) is 17.8. The van der Waals surface area contributed by atoms with Gasteiger partial charge in [-0.3, -0.25) is 29.0 Å². The monoisotopic (exact) mass is 678 g/mol. The van der Waals surface area contributed by atoms with Crippen molar-refractivity contribution in [3.63, 3.8) is 0 Å². The normalized spacial score (nSPS) is 14.9. The van der Waals surface area contributed by atoms with Crippen molar-refractivity contribution < 1.29 is 44.1 Å². The zero-order valence-electron chi connectivity index (χ0n) is 27.3. The molecule has 17 nitrogen and oxygen atoms in total. The van der Waals surface area contributed by atoms with E-state index in [0.717, 1.165) is 0 Å². The number of aliphatic carboxylic acids is 2. The summed E-state index contributed by atoms with van der Waals surface area (Å²) < 4.78 is 0. The van der Waals surface area contributed by atoms with Crippen LogP contribution in [0.2, 0.25) is 0 Å². The van der Waals surface area contributed by atoms with Gasteiger partial charge >= 0.3 is 11.9 Å². The Morgan fingerprint density at radius 3 is 1.96 bits per heavy atom. The van der Waals surface area contributed by atoms with Gasteiger partial charge in [0.2, 0.25) is 11.8 Å². The minimum absolute atomic E-state index is 0.00423. The van der Waals surface area contributed by atoms with Gasteiger partial charge in [-0.15, -0.1) is 0 Å². The molecule has 0 heterocycles. The quantitative estimate of drug-likeness (QED) is 0.0268. The Morgan fingerprint density at radius 1 is 0.833 bits per heavy atom. The van der Waals surface area contributed by atoms with Crippen LogP contribution in [-0.2, 0) is 35.2 Å². The van der Waals surface area contributed by atoms with Crippen LogP contribution < -0.4 is 39.3 Å². The Morgan fingerprint density at radius 2 is 1.44 bits per heavy atom. The third kappa shape index (κ3) is 14.0. The van der Waals surface area contributed by atoms with E-state index in [9.17, 15) is 44.1 Å². The van der Waals surface area contributed by atoms with Gasteiger partial charge in [-0.25, -0.2) is 4.79 Å². The van der Waals surface area contributed by atoms with Crippen LogP contribution in [-0.4, -0.2) is 93.9 Å². The third-order valence-electron chi connectivity index (χ3n) is 7.76. The molecular formula is C31H50N8O9. The molecule has 48 heavy (non-hydrogen) atoms. The summed E-state index contributed by atoms with van der Waals surface area (Å²) in [7, 11) is 0. The lowest BCUT2D eigenvalue weighted by Gasteiger charge is -2.28. The molecule has 0 saturated carbocycles. The number of guanidine groups is 1. The van der Waals surface area contributed by atoms with Crippen molar-refractivity contribution in [3.05, 3.63) is 29.8 Å². The van der Waals surface area contributed by atoms with Gasteiger partial charge < -0.3 is 54.6 Å². The SMILES string of the molecule is CC(C)C(CC(=O)[C@@H](C(=O)[C@H](CCCCN)NC(=O)[C@@H](N)CCCN=C(N)N)C(N)C(=O)O)C(=O)N[C@@H](Cc1ccc(O)cc1)C(=O)O. The van der Waals surface area contributed by atoms with E-state index in [1.807, 2.05) is 0 Å². The molecule has 0 radical (unpaired) electrons. The second-order valence-corrected chi connectivity index (χ2v) is 11.9. The van der Waals surface area contributed by atoms with Crippen molar-refractivity contribution >= 4 is 41.3 Å². The molecule has 0 bridgehead atoms. The van der Waals surface area contributed by atoms with Crippen molar-refractivity contribution in [2.45, 2.75) is 83.0 Å². The molecule has 1 aromatic rings. The number of nitrogens with two attached hydrogens (primary N) is 5. The summed E-state index contributed by atoms with van der Waals surface area (Å²) >= 11 is 0. The number of aromatic hydroxyl groups is 1. The Labute approximate surface area is 279 Å². The number of hydrogen-bond acceptors (Lipinski definition) is 11. The molecule has 0 aliphatic carbocycles. The van der Waals surface area contributed by atoms with Crippen molar-refractivity contribution in [2.24, 2.45) is 51.4 Å². The molecule has 0 fully saturated rings. The van der Waals surface area contributed by atoms with Crippen LogP contribution in [0, 0.1) is 17.8 Å². The minimum Gasteiger partial charge on any atom is -0.508 e. The van der Waals surface area contributed by atoms with E-state index in [4.69, 9.17) is 28.7 Å². The van der Waals surface area contributed by atoms with E-state index >= 15 is 0 Å². The number of ketones is 2. The lowest BCUT2D eigenvalue weighted by molar-refractivity contribution is -0.148. The second-order valence-electron chi connectivity index (χ2n) is 11.9. The maximum atomic E-state index is 13.8. The van der Waals surface area contributed by atoms with Gasteiger partial charge in [0.25, 0.3) is 0 Å². The molecule has 0 aromatic heterocycles. The summed E-state index contributed by atoms with van der Waals surface area (Å²) in [5.41, 5.74) is 28.5. The van der Waals surface area contributed by atoms with Gasteiger partial charge in [-0.1, -0.05) is 26.0 Å². The second kappa shape index (κ2) is 20.6. The van der Waals surface area contributed by atoms with Gasteiger partial charge in [0.1, 0.15) is 29.5 Å². The molecule has 0 saturated heterocycles. The number of aliphatic imine (C=N–C) groups is 1. The molecule has 1 aromatic carbocycles.